The van der Waals surface area contributed by atoms with Crippen molar-refractivity contribution in [3.05, 3.63) is 35.4 Å². The molecule has 0 atom stereocenters. The first-order valence-corrected chi connectivity index (χ1v) is 9.10. The van der Waals surface area contributed by atoms with E-state index in [2.05, 4.69) is 5.32 Å². The number of nitrogens with one attached hydrogen (secondary N) is 1. The van der Waals surface area contributed by atoms with Gasteiger partial charge in [0.05, 0.1) is 5.56 Å². The summed E-state index contributed by atoms with van der Waals surface area (Å²) in [6.07, 6.45) is 5.56. The van der Waals surface area contributed by atoms with E-state index in [0.717, 1.165) is 31.2 Å². The van der Waals surface area contributed by atoms with Crippen molar-refractivity contribution in [1.29, 1.82) is 0 Å². The summed E-state index contributed by atoms with van der Waals surface area (Å²) in [7, 11) is 0. The van der Waals surface area contributed by atoms with Crippen molar-refractivity contribution < 1.29 is 19.1 Å². The molecular weight excluding hydrogens is 334 g/mol. The molecule has 0 spiro atoms. The zero-order valence-electron chi connectivity index (χ0n) is 15.2. The summed E-state index contributed by atoms with van der Waals surface area (Å²) < 4.78 is 5.18. The number of esters is 1. The third kappa shape index (κ3) is 5.75. The Kier molecular flexibility index (Phi) is 7.44. The number of nitrogens with zero attached hydrogens (tertiary/aromatic N) is 1. The number of ether oxygens (including phenoxy) is 1. The number of urea groups is 1. The molecule has 2 rings (SSSR count). The topological polar surface area (TPSA) is 102 Å². The summed E-state index contributed by atoms with van der Waals surface area (Å²) in [6, 6.07) is 6.26. The molecule has 26 heavy (non-hydrogen) atoms. The highest BCUT2D eigenvalue weighted by Gasteiger charge is 2.24. The lowest BCUT2D eigenvalue weighted by atomic mass is 9.94. The number of amides is 3. The summed E-state index contributed by atoms with van der Waals surface area (Å²) in [5.74, 6) is -0.678. The zero-order chi connectivity index (χ0) is 18.9. The highest BCUT2D eigenvalue weighted by Crippen LogP contribution is 2.22. The van der Waals surface area contributed by atoms with Crippen LogP contribution in [0.15, 0.2) is 24.3 Å². The van der Waals surface area contributed by atoms with Gasteiger partial charge in [0.1, 0.15) is 0 Å². The molecule has 0 unspecified atom stereocenters. The van der Waals surface area contributed by atoms with Gasteiger partial charge in [0.2, 0.25) is 0 Å². The molecule has 7 nitrogen and oxygen atoms in total. The smallest absolute Gasteiger partial charge is 0.338 e. The Balaban J connectivity index is 1.84. The average molecular weight is 361 g/mol. The summed E-state index contributed by atoms with van der Waals surface area (Å²) in [6.45, 7) is 2.62. The van der Waals surface area contributed by atoms with Crippen molar-refractivity contribution in [2.75, 3.05) is 13.2 Å². The Morgan fingerprint density at radius 2 is 1.81 bits per heavy atom. The lowest BCUT2D eigenvalue weighted by Gasteiger charge is -2.33. The van der Waals surface area contributed by atoms with Gasteiger partial charge in [-0.3, -0.25) is 4.79 Å². The average Bonchev–Trinajstić information content (AvgIpc) is 2.66. The van der Waals surface area contributed by atoms with Crippen LogP contribution in [0.4, 0.5) is 4.79 Å². The molecule has 1 aromatic rings. The van der Waals surface area contributed by atoms with Crippen molar-refractivity contribution in [2.24, 2.45) is 5.73 Å². The first-order chi connectivity index (χ1) is 12.5. The molecule has 1 aromatic carbocycles. The minimum Gasteiger partial charge on any atom is -0.452 e. The summed E-state index contributed by atoms with van der Waals surface area (Å²) in [5, 5.41) is 2.47. The third-order valence-electron chi connectivity index (χ3n) is 4.66. The van der Waals surface area contributed by atoms with Gasteiger partial charge in [0, 0.05) is 19.1 Å². The lowest BCUT2D eigenvalue weighted by Crippen LogP contribution is -2.43. The van der Waals surface area contributed by atoms with Crippen LogP contribution in [0.2, 0.25) is 0 Å². The molecule has 0 heterocycles. The number of primary amides is 1. The molecular formula is C19H27N3O4. The van der Waals surface area contributed by atoms with Gasteiger partial charge in [-0.25, -0.2) is 9.59 Å². The van der Waals surface area contributed by atoms with Crippen LogP contribution in [-0.4, -0.2) is 42.0 Å². The Morgan fingerprint density at radius 3 is 2.38 bits per heavy atom. The van der Waals surface area contributed by atoms with Crippen molar-refractivity contribution in [3.63, 3.8) is 0 Å². The van der Waals surface area contributed by atoms with E-state index < -0.39 is 12.0 Å². The minimum absolute atomic E-state index is 0.143. The van der Waals surface area contributed by atoms with E-state index in [1.165, 1.54) is 6.42 Å². The van der Waals surface area contributed by atoms with Crippen molar-refractivity contribution in [1.82, 2.24) is 10.2 Å². The van der Waals surface area contributed by atoms with E-state index in [-0.39, 0.29) is 25.1 Å². The number of benzene rings is 1. The highest BCUT2D eigenvalue weighted by atomic mass is 16.5. The van der Waals surface area contributed by atoms with Crippen LogP contribution < -0.4 is 11.1 Å². The van der Waals surface area contributed by atoms with Gasteiger partial charge in [-0.1, -0.05) is 31.4 Å². The summed E-state index contributed by atoms with van der Waals surface area (Å²) in [5.41, 5.74) is 6.19. The Bertz CT molecular complexity index is 624. The molecule has 3 amide bonds. The minimum atomic E-state index is -0.606. The Labute approximate surface area is 153 Å². The molecule has 1 saturated carbocycles. The number of hydrogen-bond acceptors (Lipinski definition) is 4. The Hall–Kier alpha value is -2.57. The third-order valence-corrected chi connectivity index (χ3v) is 4.66. The molecule has 142 valence electrons. The molecule has 7 heteroatoms. The first kappa shape index (κ1) is 19.8. The molecule has 0 aromatic heterocycles. The number of carbonyl (C=O) groups is 3. The van der Waals surface area contributed by atoms with Gasteiger partial charge < -0.3 is 20.7 Å². The van der Waals surface area contributed by atoms with Crippen LogP contribution in [0.1, 0.15) is 54.9 Å². The van der Waals surface area contributed by atoms with Gasteiger partial charge in [-0.2, -0.15) is 0 Å². The normalized spacial score (nSPS) is 14.5. The van der Waals surface area contributed by atoms with Crippen LogP contribution in [0, 0.1) is 0 Å². The SMILES string of the molecule is CCN(C(=O)COC(=O)c1ccc(CNC(N)=O)cc1)C1CCCCC1. The van der Waals surface area contributed by atoms with Crippen LogP contribution in [-0.2, 0) is 16.1 Å². The van der Waals surface area contributed by atoms with Gasteiger partial charge in [-0.15, -0.1) is 0 Å². The van der Waals surface area contributed by atoms with Crippen LogP contribution in [0.3, 0.4) is 0 Å². The molecule has 0 aliphatic heterocycles. The number of hydrogen-bond donors (Lipinski definition) is 2. The van der Waals surface area contributed by atoms with Crippen molar-refractivity contribution >= 4 is 17.9 Å². The second kappa shape index (κ2) is 9.79. The van der Waals surface area contributed by atoms with Crippen LogP contribution in [0.25, 0.3) is 0 Å². The predicted octanol–water partition coefficient (Wildman–Crippen LogP) is 2.19. The Morgan fingerprint density at radius 1 is 1.15 bits per heavy atom. The molecule has 0 bridgehead atoms. The summed E-state index contributed by atoms with van der Waals surface area (Å²) in [4.78, 5) is 37.1. The van der Waals surface area contributed by atoms with E-state index in [1.54, 1.807) is 24.3 Å². The maximum atomic E-state index is 12.4. The van der Waals surface area contributed by atoms with Crippen molar-refractivity contribution in [2.45, 2.75) is 51.6 Å². The highest BCUT2D eigenvalue weighted by molar-refractivity contribution is 5.91. The molecule has 0 radical (unpaired) electrons. The van der Waals surface area contributed by atoms with Gasteiger partial charge in [0.15, 0.2) is 6.61 Å². The van der Waals surface area contributed by atoms with E-state index in [0.29, 0.717) is 12.1 Å². The number of carbonyl (C=O) groups excluding carboxylic acids is 3. The van der Waals surface area contributed by atoms with Crippen LogP contribution >= 0.6 is 0 Å². The second-order valence-electron chi connectivity index (χ2n) is 6.46. The summed E-state index contributed by atoms with van der Waals surface area (Å²) >= 11 is 0. The monoisotopic (exact) mass is 361 g/mol. The molecule has 1 aliphatic rings. The molecule has 1 aliphatic carbocycles. The van der Waals surface area contributed by atoms with E-state index in [1.807, 2.05) is 11.8 Å². The first-order valence-electron chi connectivity index (χ1n) is 9.10. The van der Waals surface area contributed by atoms with E-state index in [4.69, 9.17) is 10.5 Å². The number of likely N-dealkylation sites (N-methyl/N-ethyl adjacent to an activating group) is 1. The fourth-order valence-corrected chi connectivity index (χ4v) is 3.27. The van der Waals surface area contributed by atoms with E-state index in [9.17, 15) is 14.4 Å². The lowest BCUT2D eigenvalue weighted by molar-refractivity contribution is -0.137. The predicted molar refractivity (Wildman–Crippen MR) is 97.4 cm³/mol. The fourth-order valence-electron chi connectivity index (χ4n) is 3.27. The maximum absolute atomic E-state index is 12.4. The van der Waals surface area contributed by atoms with Crippen molar-refractivity contribution in [3.8, 4) is 0 Å². The number of rotatable bonds is 7. The standard InChI is InChI=1S/C19H27N3O4/c1-2-22(16-6-4-3-5-7-16)17(23)13-26-18(24)15-10-8-14(9-11-15)12-21-19(20)25/h8-11,16H,2-7,12-13H2,1H3,(H3,20,21,25). The number of nitrogens with two attached hydrogens (primary N) is 1. The quantitative estimate of drug-likeness (QED) is 0.727. The largest absolute Gasteiger partial charge is 0.452 e. The van der Waals surface area contributed by atoms with Gasteiger partial charge in [0.25, 0.3) is 5.91 Å². The maximum Gasteiger partial charge on any atom is 0.338 e. The molecule has 0 saturated heterocycles. The molecule has 3 N–H and O–H groups in total. The van der Waals surface area contributed by atoms with Crippen LogP contribution in [0.5, 0.6) is 0 Å². The van der Waals surface area contributed by atoms with Gasteiger partial charge >= 0.3 is 12.0 Å². The fraction of sp³-hybridized carbons (Fsp3) is 0.526. The molecule has 1 fully saturated rings. The second-order valence-corrected chi connectivity index (χ2v) is 6.46. The van der Waals surface area contributed by atoms with Gasteiger partial charge in [-0.05, 0) is 37.5 Å². The van der Waals surface area contributed by atoms with E-state index >= 15 is 0 Å². The zero-order valence-corrected chi connectivity index (χ0v) is 15.2.